The lowest BCUT2D eigenvalue weighted by Gasteiger charge is -2.25. The lowest BCUT2D eigenvalue weighted by molar-refractivity contribution is 0.0504. The molecule has 2 heterocycles. The fraction of sp³-hybridized carbons (Fsp3) is 0.625. The molecule has 0 radical (unpaired) electrons. The fourth-order valence-electron chi connectivity index (χ4n) is 4.75. The van der Waals surface area contributed by atoms with Crippen LogP contribution in [0, 0.1) is 12.8 Å². The summed E-state index contributed by atoms with van der Waals surface area (Å²) in [5.74, 6) is 0.731. The molecule has 1 aromatic rings. The molecule has 2 unspecified atom stereocenters. The molecule has 158 valence electrons. The predicted molar refractivity (Wildman–Crippen MR) is 115 cm³/mol. The van der Waals surface area contributed by atoms with Crippen molar-refractivity contribution in [2.24, 2.45) is 5.92 Å². The Labute approximate surface area is 174 Å². The van der Waals surface area contributed by atoms with Crippen LogP contribution < -0.4 is 5.32 Å². The van der Waals surface area contributed by atoms with Gasteiger partial charge in [-0.05, 0) is 49.8 Å². The van der Waals surface area contributed by atoms with Crippen molar-refractivity contribution in [2.75, 3.05) is 13.3 Å². The normalized spacial score (nSPS) is 24.4. The van der Waals surface area contributed by atoms with Crippen LogP contribution in [0.4, 0.5) is 0 Å². The zero-order valence-electron chi connectivity index (χ0n) is 17.8. The van der Waals surface area contributed by atoms with Crippen LogP contribution in [0.1, 0.15) is 73.6 Å². The van der Waals surface area contributed by atoms with E-state index in [4.69, 9.17) is 9.47 Å². The van der Waals surface area contributed by atoms with Gasteiger partial charge in [-0.25, -0.2) is 0 Å². The van der Waals surface area contributed by atoms with E-state index < -0.39 is 0 Å². The van der Waals surface area contributed by atoms with Crippen molar-refractivity contribution in [1.29, 1.82) is 0 Å². The van der Waals surface area contributed by atoms with E-state index in [1.807, 2.05) is 0 Å². The SMILES string of the molecule is CCCCNC(=O)c1cc(C2=CC3OCOC3C=C2)n(CC2CCCCC2)c1C. The molecule has 1 amide bonds. The Hall–Kier alpha value is -1.85. The molecule has 0 bridgehead atoms. The largest absolute Gasteiger partial charge is 0.352 e. The van der Waals surface area contributed by atoms with E-state index in [-0.39, 0.29) is 18.1 Å². The smallest absolute Gasteiger partial charge is 0.253 e. The standard InChI is InChI=1S/C24H34N2O3/c1-3-4-12-25-24(27)20-14-21(19-10-11-22-23(13-19)29-16-28-22)26(17(20)2)15-18-8-6-5-7-9-18/h10-11,13-14,18,22-23H,3-9,12,15-16H2,1-2H3,(H,25,27). The van der Waals surface area contributed by atoms with E-state index >= 15 is 0 Å². The number of hydrogen-bond acceptors (Lipinski definition) is 3. The minimum Gasteiger partial charge on any atom is -0.352 e. The molecule has 29 heavy (non-hydrogen) atoms. The number of hydrogen-bond donors (Lipinski definition) is 1. The highest BCUT2D eigenvalue weighted by molar-refractivity contribution is 5.97. The molecule has 0 spiro atoms. The summed E-state index contributed by atoms with van der Waals surface area (Å²) in [6, 6.07) is 2.08. The highest BCUT2D eigenvalue weighted by Gasteiger charge is 2.30. The van der Waals surface area contributed by atoms with Gasteiger partial charge in [0, 0.05) is 24.5 Å². The third-order valence-electron chi connectivity index (χ3n) is 6.54. The van der Waals surface area contributed by atoms with Crippen molar-refractivity contribution in [3.8, 4) is 0 Å². The van der Waals surface area contributed by atoms with E-state index in [0.717, 1.165) is 48.5 Å². The summed E-state index contributed by atoms with van der Waals surface area (Å²) in [5.41, 5.74) is 4.12. The summed E-state index contributed by atoms with van der Waals surface area (Å²) in [6.45, 7) is 6.29. The summed E-state index contributed by atoms with van der Waals surface area (Å²) >= 11 is 0. The Balaban J connectivity index is 1.63. The molecule has 0 aromatic carbocycles. The number of carbonyl (C=O) groups excluding carboxylic acids is 1. The Bertz CT molecular complexity index is 786. The summed E-state index contributed by atoms with van der Waals surface area (Å²) in [7, 11) is 0. The second-order valence-corrected chi connectivity index (χ2v) is 8.61. The van der Waals surface area contributed by atoms with Crippen molar-refractivity contribution in [2.45, 2.75) is 77.5 Å². The second kappa shape index (κ2) is 9.31. The third kappa shape index (κ3) is 4.51. The van der Waals surface area contributed by atoms with Crippen LogP contribution in [0.2, 0.25) is 0 Å². The van der Waals surface area contributed by atoms with E-state index in [1.165, 1.54) is 32.1 Å². The van der Waals surface area contributed by atoms with Crippen LogP contribution in [0.25, 0.3) is 5.57 Å². The monoisotopic (exact) mass is 398 g/mol. The molecular formula is C24H34N2O3. The van der Waals surface area contributed by atoms with Crippen LogP contribution in [0.3, 0.4) is 0 Å². The number of unbranched alkanes of at least 4 members (excludes halogenated alkanes) is 1. The van der Waals surface area contributed by atoms with Gasteiger partial charge in [-0.2, -0.15) is 0 Å². The van der Waals surface area contributed by atoms with E-state index in [9.17, 15) is 4.79 Å². The van der Waals surface area contributed by atoms with E-state index in [1.54, 1.807) is 0 Å². The minimum atomic E-state index is -0.0323. The van der Waals surface area contributed by atoms with Gasteiger partial charge in [0.15, 0.2) is 0 Å². The van der Waals surface area contributed by atoms with Crippen LogP contribution in [0.15, 0.2) is 24.3 Å². The van der Waals surface area contributed by atoms with Gasteiger partial charge in [0.05, 0.1) is 5.56 Å². The van der Waals surface area contributed by atoms with Gasteiger partial charge in [-0.3, -0.25) is 4.79 Å². The van der Waals surface area contributed by atoms with Crippen molar-refractivity contribution in [1.82, 2.24) is 9.88 Å². The molecule has 1 N–H and O–H groups in total. The second-order valence-electron chi connectivity index (χ2n) is 8.61. The highest BCUT2D eigenvalue weighted by Crippen LogP contribution is 2.33. The molecular weight excluding hydrogens is 364 g/mol. The molecule has 3 aliphatic rings. The first-order chi connectivity index (χ1) is 14.2. The molecule has 2 fully saturated rings. The maximum Gasteiger partial charge on any atom is 0.253 e. The number of rotatable bonds is 7. The van der Waals surface area contributed by atoms with Crippen molar-refractivity contribution >= 4 is 11.5 Å². The highest BCUT2D eigenvalue weighted by atomic mass is 16.7. The average molecular weight is 399 g/mol. The molecule has 5 nitrogen and oxygen atoms in total. The quantitative estimate of drug-likeness (QED) is 0.683. The predicted octanol–water partition coefficient (Wildman–Crippen LogP) is 4.60. The van der Waals surface area contributed by atoms with Crippen LogP contribution in [0.5, 0.6) is 0 Å². The number of nitrogens with one attached hydrogen (secondary N) is 1. The number of ether oxygens (including phenoxy) is 2. The Morgan fingerprint density at radius 3 is 2.79 bits per heavy atom. The van der Waals surface area contributed by atoms with Gasteiger partial charge in [-0.15, -0.1) is 0 Å². The molecule has 5 heteroatoms. The van der Waals surface area contributed by atoms with Gasteiger partial charge in [-0.1, -0.05) is 44.8 Å². The maximum absolute atomic E-state index is 12.9. The molecule has 2 aliphatic carbocycles. The van der Waals surface area contributed by atoms with Gasteiger partial charge in [0.1, 0.15) is 19.0 Å². The Kier molecular flexibility index (Phi) is 6.56. The first-order valence-electron chi connectivity index (χ1n) is 11.3. The van der Waals surface area contributed by atoms with E-state index in [2.05, 4.69) is 48.0 Å². The third-order valence-corrected chi connectivity index (χ3v) is 6.54. The van der Waals surface area contributed by atoms with Gasteiger partial charge in [0.25, 0.3) is 5.91 Å². The number of nitrogens with zero attached hydrogens (tertiary/aromatic N) is 1. The maximum atomic E-state index is 12.9. The molecule has 1 aliphatic heterocycles. The van der Waals surface area contributed by atoms with Crippen molar-refractivity contribution < 1.29 is 14.3 Å². The number of amides is 1. The van der Waals surface area contributed by atoms with E-state index in [0.29, 0.717) is 12.7 Å². The lowest BCUT2D eigenvalue weighted by atomic mass is 9.89. The lowest BCUT2D eigenvalue weighted by Crippen LogP contribution is -2.25. The van der Waals surface area contributed by atoms with Crippen molar-refractivity contribution in [3.63, 3.8) is 0 Å². The number of aromatic nitrogens is 1. The summed E-state index contributed by atoms with van der Waals surface area (Å²) in [6.07, 6.45) is 15.0. The number of allylic oxidation sites excluding steroid dienone is 2. The zero-order valence-corrected chi connectivity index (χ0v) is 17.8. The zero-order chi connectivity index (χ0) is 20.2. The molecule has 1 saturated carbocycles. The van der Waals surface area contributed by atoms with Gasteiger partial charge in [0.2, 0.25) is 0 Å². The van der Waals surface area contributed by atoms with Crippen molar-refractivity contribution in [3.05, 3.63) is 41.2 Å². The Morgan fingerprint density at radius 1 is 1.21 bits per heavy atom. The molecule has 4 rings (SSSR count). The number of carbonyl (C=O) groups is 1. The van der Waals surface area contributed by atoms with Gasteiger partial charge >= 0.3 is 0 Å². The Morgan fingerprint density at radius 2 is 2.00 bits per heavy atom. The average Bonchev–Trinajstić information content (AvgIpc) is 3.33. The minimum absolute atomic E-state index is 0.0124. The summed E-state index contributed by atoms with van der Waals surface area (Å²) in [5, 5.41) is 3.09. The summed E-state index contributed by atoms with van der Waals surface area (Å²) in [4.78, 5) is 12.9. The molecule has 1 aromatic heterocycles. The first-order valence-corrected chi connectivity index (χ1v) is 11.3. The van der Waals surface area contributed by atoms with Crippen LogP contribution >= 0.6 is 0 Å². The summed E-state index contributed by atoms with van der Waals surface area (Å²) < 4.78 is 13.7. The number of fused-ring (bicyclic) bond motifs is 1. The first kappa shape index (κ1) is 20.4. The molecule has 2 atom stereocenters. The topological polar surface area (TPSA) is 52.5 Å². The van der Waals surface area contributed by atoms with Crippen LogP contribution in [-0.4, -0.2) is 36.0 Å². The fourth-order valence-corrected chi connectivity index (χ4v) is 4.75. The van der Waals surface area contributed by atoms with Gasteiger partial charge < -0.3 is 19.4 Å². The van der Waals surface area contributed by atoms with Crippen LogP contribution in [-0.2, 0) is 16.0 Å². The molecule has 1 saturated heterocycles.